The molecule has 1 aliphatic carbocycles. The normalized spacial score (nSPS) is 18.6. The highest BCUT2D eigenvalue weighted by Crippen LogP contribution is 2.31. The first-order valence-electron chi connectivity index (χ1n) is 5.45. The quantitative estimate of drug-likeness (QED) is 0.618. The highest BCUT2D eigenvalue weighted by molar-refractivity contribution is 6.31. The average molecular weight is 207 g/mol. The Morgan fingerprint density at radius 3 is 2.57 bits per heavy atom. The molecule has 1 heterocycles. The van der Waals surface area contributed by atoms with Crippen molar-refractivity contribution in [2.45, 2.75) is 44.9 Å². The molecule has 1 saturated carbocycles. The summed E-state index contributed by atoms with van der Waals surface area (Å²) in [5, 5.41) is 13.3. The van der Waals surface area contributed by atoms with Crippen LogP contribution in [-0.4, -0.2) is 25.7 Å². The van der Waals surface area contributed by atoms with Gasteiger partial charge in [0.25, 0.3) is 0 Å². The lowest BCUT2D eigenvalue weighted by molar-refractivity contribution is 0.431. The van der Waals surface area contributed by atoms with Crippen LogP contribution < -0.4 is 5.32 Å². The Kier molecular flexibility index (Phi) is 2.91. The van der Waals surface area contributed by atoms with Crippen LogP contribution in [0.4, 0.5) is 0 Å². The van der Waals surface area contributed by atoms with Crippen LogP contribution in [0.2, 0.25) is 0 Å². The van der Waals surface area contributed by atoms with Crippen molar-refractivity contribution in [2.75, 3.05) is 0 Å². The molecule has 14 heavy (non-hydrogen) atoms. The summed E-state index contributed by atoms with van der Waals surface area (Å²) in [5.41, 5.74) is 2.53. The lowest BCUT2D eigenvalue weighted by Crippen LogP contribution is -2.21. The van der Waals surface area contributed by atoms with Gasteiger partial charge in [-0.2, -0.15) is 0 Å². The molecule has 0 N–H and O–H groups in total. The van der Waals surface area contributed by atoms with Gasteiger partial charge in [0.15, 0.2) is 0 Å². The molecule has 0 amide bonds. The zero-order chi connectivity index (χ0) is 9.97. The zero-order valence-corrected chi connectivity index (χ0v) is 11.0. The third-order valence-corrected chi connectivity index (χ3v) is 4.22. The fraction of sp³-hybridized carbons (Fsp3) is 0.700. The molecule has 1 aliphatic rings. The van der Waals surface area contributed by atoms with E-state index in [0.717, 1.165) is 10.2 Å². The van der Waals surface area contributed by atoms with Gasteiger partial charge in [0.1, 0.15) is 0 Å². The first-order chi connectivity index (χ1) is 6.79. The summed E-state index contributed by atoms with van der Waals surface area (Å²) in [5.74, 6) is 0.659. The van der Waals surface area contributed by atoms with Crippen molar-refractivity contribution in [3.05, 3.63) is 11.3 Å². The fourth-order valence-electron chi connectivity index (χ4n) is 2.24. The summed E-state index contributed by atoms with van der Waals surface area (Å²) in [6.07, 6.45) is 6.68. The molecule has 0 aliphatic heterocycles. The Morgan fingerprint density at radius 2 is 1.86 bits per heavy atom. The molecule has 0 aromatic carbocycles. The smallest absolute Gasteiger partial charge is 0.0722 e. The van der Waals surface area contributed by atoms with Crippen LogP contribution in [0, 0.1) is 6.92 Å². The van der Waals surface area contributed by atoms with Gasteiger partial charge in [-0.25, -0.2) is 0 Å². The molecule has 0 unspecified atom stereocenters. The molecule has 0 atom stereocenters. The molecule has 0 saturated heterocycles. The van der Waals surface area contributed by atoms with E-state index in [4.69, 9.17) is 0 Å². The van der Waals surface area contributed by atoms with Gasteiger partial charge >= 0.3 is 0 Å². The van der Waals surface area contributed by atoms with Crippen LogP contribution in [0.3, 0.4) is 0 Å². The Labute approximate surface area is 87.7 Å². The lowest BCUT2D eigenvalue weighted by Gasteiger charge is -2.21. The van der Waals surface area contributed by atoms with Crippen LogP contribution in [0.25, 0.3) is 0 Å². The van der Waals surface area contributed by atoms with Crippen LogP contribution >= 0.6 is 0 Å². The number of rotatable bonds is 1. The van der Waals surface area contributed by atoms with Crippen LogP contribution in [0.5, 0.6) is 0 Å². The van der Waals surface area contributed by atoms with Gasteiger partial charge < -0.3 is 0 Å². The molecule has 0 spiro atoms. The highest BCUT2D eigenvalue weighted by Gasteiger charge is 2.19. The van der Waals surface area contributed by atoms with Crippen molar-refractivity contribution < 1.29 is 0 Å². The molecule has 2 rings (SSSR count). The molecule has 1 aromatic rings. The predicted molar refractivity (Wildman–Crippen MR) is 60.0 cm³/mol. The fourth-order valence-corrected chi connectivity index (χ4v) is 2.58. The summed E-state index contributed by atoms with van der Waals surface area (Å²) in [4.78, 5) is 0. The standard InChI is InChI=1S/C10H17N3Si/c1-7-9(11-13-12-10(7)14)8-5-3-2-4-6-8/h8H,2-6H2,1,14H3. The third-order valence-electron chi connectivity index (χ3n) is 3.27. The molecule has 1 fully saturated rings. The van der Waals surface area contributed by atoms with Crippen molar-refractivity contribution in [1.29, 1.82) is 0 Å². The van der Waals surface area contributed by atoms with Gasteiger partial charge in [-0.1, -0.05) is 19.3 Å². The topological polar surface area (TPSA) is 38.7 Å². The van der Waals surface area contributed by atoms with Crippen molar-refractivity contribution >= 4 is 15.6 Å². The minimum absolute atomic E-state index is 0.659. The molecular formula is C10H17N3Si. The van der Waals surface area contributed by atoms with Crippen molar-refractivity contribution in [3.63, 3.8) is 0 Å². The van der Waals surface area contributed by atoms with Gasteiger partial charge in [-0.15, -0.1) is 10.2 Å². The lowest BCUT2D eigenvalue weighted by atomic mass is 9.85. The maximum absolute atomic E-state index is 4.22. The number of hydrogen-bond donors (Lipinski definition) is 0. The van der Waals surface area contributed by atoms with Crippen LogP contribution in [0.1, 0.15) is 49.3 Å². The van der Waals surface area contributed by atoms with Gasteiger partial charge in [-0.05, 0) is 30.5 Å². The van der Waals surface area contributed by atoms with E-state index in [-0.39, 0.29) is 0 Å². The van der Waals surface area contributed by atoms with E-state index in [0.29, 0.717) is 5.92 Å². The number of aromatic nitrogens is 3. The highest BCUT2D eigenvalue weighted by atomic mass is 28.1. The Hall–Kier alpha value is -0.773. The van der Waals surface area contributed by atoms with Gasteiger partial charge in [0.2, 0.25) is 0 Å². The van der Waals surface area contributed by atoms with Gasteiger partial charge in [0.05, 0.1) is 15.9 Å². The predicted octanol–water partition coefficient (Wildman–Crippen LogP) is 0.218. The van der Waals surface area contributed by atoms with E-state index in [1.807, 2.05) is 0 Å². The largest absolute Gasteiger partial charge is 0.141 e. The summed E-state index contributed by atoms with van der Waals surface area (Å²) < 4.78 is 0. The number of nitrogens with zero attached hydrogens (tertiary/aromatic N) is 3. The van der Waals surface area contributed by atoms with E-state index < -0.39 is 0 Å². The van der Waals surface area contributed by atoms with Crippen molar-refractivity contribution in [2.24, 2.45) is 0 Å². The van der Waals surface area contributed by atoms with Crippen LogP contribution in [-0.2, 0) is 0 Å². The van der Waals surface area contributed by atoms with E-state index in [9.17, 15) is 0 Å². The monoisotopic (exact) mass is 207 g/mol. The van der Waals surface area contributed by atoms with E-state index >= 15 is 0 Å². The van der Waals surface area contributed by atoms with Gasteiger partial charge in [-0.3, -0.25) is 0 Å². The SMILES string of the molecule is Cc1c([SiH3])nnnc1C1CCCCC1. The first-order valence-corrected chi connectivity index (χ1v) is 6.45. The van der Waals surface area contributed by atoms with Crippen molar-refractivity contribution in [1.82, 2.24) is 15.4 Å². The minimum atomic E-state index is 0.659. The third kappa shape index (κ3) is 1.85. The van der Waals surface area contributed by atoms with E-state index in [2.05, 4.69) is 22.3 Å². The molecule has 76 valence electrons. The Morgan fingerprint density at radius 1 is 1.14 bits per heavy atom. The van der Waals surface area contributed by atoms with Crippen LogP contribution in [0.15, 0.2) is 0 Å². The Balaban J connectivity index is 2.26. The maximum atomic E-state index is 4.22. The molecule has 0 bridgehead atoms. The van der Waals surface area contributed by atoms with E-state index in [1.165, 1.54) is 48.7 Å². The van der Waals surface area contributed by atoms with Crippen molar-refractivity contribution in [3.8, 4) is 0 Å². The zero-order valence-electron chi connectivity index (χ0n) is 8.95. The molecule has 0 radical (unpaired) electrons. The molecule has 3 nitrogen and oxygen atoms in total. The Bertz CT molecular complexity index is 321. The molecule has 4 heteroatoms. The molecule has 1 aromatic heterocycles. The second-order valence-electron chi connectivity index (χ2n) is 4.22. The first kappa shape index (κ1) is 9.77. The van der Waals surface area contributed by atoms with E-state index in [1.54, 1.807) is 0 Å². The minimum Gasteiger partial charge on any atom is -0.141 e. The summed E-state index contributed by atoms with van der Waals surface area (Å²) in [7, 11) is 0.982. The number of hydrogen-bond acceptors (Lipinski definition) is 3. The maximum Gasteiger partial charge on any atom is 0.0722 e. The molecular weight excluding hydrogens is 190 g/mol. The summed E-state index contributed by atoms with van der Waals surface area (Å²) >= 11 is 0. The second-order valence-corrected chi connectivity index (χ2v) is 5.17. The average Bonchev–Trinajstić information content (AvgIpc) is 2.23. The summed E-state index contributed by atoms with van der Waals surface area (Å²) in [6, 6.07) is 0. The van der Waals surface area contributed by atoms with Gasteiger partial charge in [0, 0.05) is 11.2 Å². The second kappa shape index (κ2) is 4.17. The summed E-state index contributed by atoms with van der Waals surface area (Å²) in [6.45, 7) is 2.15.